The van der Waals surface area contributed by atoms with Gasteiger partial charge >= 0.3 is 0 Å². The molecule has 1 aliphatic carbocycles. The predicted molar refractivity (Wildman–Crippen MR) is 105 cm³/mol. The number of hydrogen-bond acceptors (Lipinski definition) is 5. The predicted octanol–water partition coefficient (Wildman–Crippen LogP) is 3.51. The summed E-state index contributed by atoms with van der Waals surface area (Å²) in [5.41, 5.74) is 1.21. The van der Waals surface area contributed by atoms with E-state index in [0.29, 0.717) is 36.0 Å². The van der Waals surface area contributed by atoms with Gasteiger partial charge in [-0.25, -0.2) is 8.42 Å². The third-order valence-electron chi connectivity index (χ3n) is 4.75. The molecule has 1 aromatic heterocycles. The normalized spacial score (nSPS) is 16.7. The Morgan fingerprint density at radius 3 is 2.81 bits per heavy atom. The monoisotopic (exact) mass is 426 g/mol. The molecule has 0 atom stereocenters. The number of sulfonamides is 1. The minimum atomic E-state index is -3.77. The number of benzene rings is 1. The molecule has 1 fully saturated rings. The minimum absolute atomic E-state index is 0.172. The van der Waals surface area contributed by atoms with Crippen LogP contribution in [0.3, 0.4) is 0 Å². The number of rotatable bonds is 5. The van der Waals surface area contributed by atoms with Crippen molar-refractivity contribution in [3.63, 3.8) is 0 Å². The molecule has 4 rings (SSSR count). The molecule has 1 aliphatic heterocycles. The maximum Gasteiger partial charge on any atom is 0.271 e. The Morgan fingerprint density at radius 2 is 2.11 bits per heavy atom. The van der Waals surface area contributed by atoms with Gasteiger partial charge in [-0.1, -0.05) is 11.6 Å². The Kier molecular flexibility index (Phi) is 4.82. The van der Waals surface area contributed by atoms with Gasteiger partial charge in [0, 0.05) is 28.9 Å². The number of halogens is 1. The highest BCUT2D eigenvalue weighted by atomic mass is 35.5. The van der Waals surface area contributed by atoms with E-state index in [-0.39, 0.29) is 16.0 Å². The molecule has 0 bridgehead atoms. The number of nitrogens with one attached hydrogen (secondary N) is 1. The molecule has 144 valence electrons. The molecular weight excluding hydrogens is 408 g/mol. The molecule has 2 aromatic rings. The summed E-state index contributed by atoms with van der Waals surface area (Å²) in [5, 5.41) is 0.410. The van der Waals surface area contributed by atoms with E-state index in [1.807, 2.05) is 4.90 Å². The molecule has 2 heterocycles. The number of carbonyl (C=O) groups excluding carboxylic acids is 1. The van der Waals surface area contributed by atoms with Crippen LogP contribution in [-0.2, 0) is 27.8 Å². The summed E-state index contributed by atoms with van der Waals surface area (Å²) >= 11 is 7.24. The third-order valence-corrected chi connectivity index (χ3v) is 8.06. The van der Waals surface area contributed by atoms with E-state index in [0.717, 1.165) is 23.3 Å². The fraction of sp³-hybridized carbons (Fsp3) is 0.389. The van der Waals surface area contributed by atoms with Crippen molar-refractivity contribution in [1.29, 1.82) is 0 Å². The first kappa shape index (κ1) is 18.6. The zero-order valence-electron chi connectivity index (χ0n) is 14.7. The smallest absolute Gasteiger partial charge is 0.271 e. The molecule has 0 unspecified atom stereocenters. The van der Waals surface area contributed by atoms with Crippen molar-refractivity contribution < 1.29 is 17.9 Å². The van der Waals surface area contributed by atoms with Crippen molar-refractivity contribution in [3.05, 3.63) is 39.7 Å². The summed E-state index contributed by atoms with van der Waals surface area (Å²) in [5.74, 6) is 0.758. The van der Waals surface area contributed by atoms with E-state index < -0.39 is 10.0 Å². The molecule has 6 nitrogen and oxygen atoms in total. The van der Waals surface area contributed by atoms with Gasteiger partial charge < -0.3 is 9.64 Å². The van der Waals surface area contributed by atoms with E-state index in [1.165, 1.54) is 24.5 Å². The van der Waals surface area contributed by atoms with Crippen LogP contribution in [0.25, 0.3) is 0 Å². The van der Waals surface area contributed by atoms with Gasteiger partial charge in [0.05, 0.1) is 12.8 Å². The maximum absolute atomic E-state index is 12.9. The molecule has 1 saturated carbocycles. The Morgan fingerprint density at radius 1 is 1.33 bits per heavy atom. The lowest BCUT2D eigenvalue weighted by atomic mass is 10.1. The van der Waals surface area contributed by atoms with Crippen LogP contribution in [0.5, 0.6) is 5.75 Å². The quantitative estimate of drug-likeness (QED) is 0.793. The Bertz CT molecular complexity index is 999. The molecular formula is C18H19ClN2O4S2. The number of anilines is 1. The van der Waals surface area contributed by atoms with Crippen LogP contribution < -0.4 is 9.46 Å². The van der Waals surface area contributed by atoms with Crippen LogP contribution in [0.2, 0.25) is 5.02 Å². The Hall–Kier alpha value is -1.77. The number of fused-ring (bicyclic) bond motifs is 1. The van der Waals surface area contributed by atoms with Crippen molar-refractivity contribution in [3.8, 4) is 5.75 Å². The lowest BCUT2D eigenvalue weighted by Crippen LogP contribution is -2.36. The number of methoxy groups -OCH3 is 1. The number of ether oxygens (including phenoxy) is 1. The van der Waals surface area contributed by atoms with E-state index in [2.05, 4.69) is 4.72 Å². The summed E-state index contributed by atoms with van der Waals surface area (Å²) in [4.78, 5) is 15.2. The number of hydrogen-bond donors (Lipinski definition) is 1. The fourth-order valence-electron chi connectivity index (χ4n) is 3.17. The highest BCUT2D eigenvalue weighted by Crippen LogP contribution is 2.37. The van der Waals surface area contributed by atoms with Gasteiger partial charge in [-0.15, -0.1) is 11.3 Å². The summed E-state index contributed by atoms with van der Waals surface area (Å²) in [6.07, 6.45) is 2.63. The Labute approximate surface area is 167 Å². The first-order chi connectivity index (χ1) is 12.9. The number of carbonyl (C=O) groups is 1. The molecule has 1 N–H and O–H groups in total. The van der Waals surface area contributed by atoms with Crippen LogP contribution in [0.4, 0.5) is 5.69 Å². The van der Waals surface area contributed by atoms with Crippen molar-refractivity contribution >= 4 is 44.6 Å². The van der Waals surface area contributed by atoms with Gasteiger partial charge in [0.1, 0.15) is 9.96 Å². The molecule has 27 heavy (non-hydrogen) atoms. The second kappa shape index (κ2) is 7.00. The summed E-state index contributed by atoms with van der Waals surface area (Å²) in [7, 11) is -2.30. The van der Waals surface area contributed by atoms with Gasteiger partial charge in [0.15, 0.2) is 0 Å². The highest BCUT2D eigenvalue weighted by molar-refractivity contribution is 7.94. The van der Waals surface area contributed by atoms with Crippen LogP contribution >= 0.6 is 22.9 Å². The van der Waals surface area contributed by atoms with E-state index in [1.54, 1.807) is 18.2 Å². The van der Waals surface area contributed by atoms with Crippen LogP contribution in [-0.4, -0.2) is 32.9 Å². The first-order valence-corrected chi connectivity index (χ1v) is 11.3. The van der Waals surface area contributed by atoms with Crippen molar-refractivity contribution in [2.45, 2.75) is 30.0 Å². The van der Waals surface area contributed by atoms with Crippen LogP contribution in [0.1, 0.15) is 23.3 Å². The molecule has 2 aliphatic rings. The molecule has 0 spiro atoms. The second-order valence-electron chi connectivity index (χ2n) is 6.75. The largest absolute Gasteiger partial charge is 0.495 e. The lowest BCUT2D eigenvalue weighted by Gasteiger charge is -2.26. The van der Waals surface area contributed by atoms with Gasteiger partial charge in [0.25, 0.3) is 10.0 Å². The molecule has 0 saturated heterocycles. The SMILES string of the molecule is COc1ccc(Cl)cc1NS(=O)(=O)c1cc2c(s1)CCN(C(=O)C1CC1)C2. The number of nitrogens with zero attached hydrogens (tertiary/aromatic N) is 1. The molecule has 9 heteroatoms. The van der Waals surface area contributed by atoms with Crippen LogP contribution in [0, 0.1) is 5.92 Å². The molecule has 0 radical (unpaired) electrons. The third kappa shape index (κ3) is 3.79. The summed E-state index contributed by atoms with van der Waals surface area (Å²) in [6.45, 7) is 1.13. The summed E-state index contributed by atoms with van der Waals surface area (Å²) < 4.78 is 33.7. The molecule has 1 amide bonds. The average Bonchev–Trinajstić information content (AvgIpc) is 3.38. The average molecular weight is 427 g/mol. The minimum Gasteiger partial charge on any atom is -0.495 e. The highest BCUT2D eigenvalue weighted by Gasteiger charge is 2.35. The van der Waals surface area contributed by atoms with E-state index in [4.69, 9.17) is 16.3 Å². The van der Waals surface area contributed by atoms with Gasteiger partial charge in [-0.2, -0.15) is 0 Å². The van der Waals surface area contributed by atoms with E-state index >= 15 is 0 Å². The van der Waals surface area contributed by atoms with E-state index in [9.17, 15) is 13.2 Å². The number of amides is 1. The number of thiophene rings is 1. The summed E-state index contributed by atoms with van der Waals surface area (Å²) in [6, 6.07) is 6.43. The van der Waals surface area contributed by atoms with Crippen LogP contribution in [0.15, 0.2) is 28.5 Å². The van der Waals surface area contributed by atoms with Crippen molar-refractivity contribution in [1.82, 2.24) is 4.90 Å². The maximum atomic E-state index is 12.9. The van der Waals surface area contributed by atoms with Gasteiger partial charge in [0.2, 0.25) is 5.91 Å². The second-order valence-corrected chi connectivity index (χ2v) is 10.2. The van der Waals surface area contributed by atoms with Crippen molar-refractivity contribution in [2.75, 3.05) is 18.4 Å². The fourth-order valence-corrected chi connectivity index (χ4v) is 5.95. The Balaban J connectivity index is 1.57. The zero-order chi connectivity index (χ0) is 19.2. The lowest BCUT2D eigenvalue weighted by molar-refractivity contribution is -0.133. The first-order valence-electron chi connectivity index (χ1n) is 8.64. The zero-order valence-corrected chi connectivity index (χ0v) is 17.1. The van der Waals surface area contributed by atoms with Gasteiger partial charge in [-0.3, -0.25) is 9.52 Å². The topological polar surface area (TPSA) is 75.7 Å². The van der Waals surface area contributed by atoms with Crippen molar-refractivity contribution in [2.24, 2.45) is 5.92 Å². The van der Waals surface area contributed by atoms with Gasteiger partial charge in [-0.05, 0) is 49.1 Å². The standard InChI is InChI=1S/C18H19ClN2O4S2/c1-25-15-5-4-13(19)9-14(15)20-27(23,24)17-8-12-10-21(7-6-16(12)26-17)18(22)11-2-3-11/h4-5,8-9,11,20H,2-3,6-7,10H2,1H3. The molecule has 1 aromatic carbocycles.